The van der Waals surface area contributed by atoms with Crippen LogP contribution in [0.1, 0.15) is 23.3 Å². The summed E-state index contributed by atoms with van der Waals surface area (Å²) in [5, 5.41) is 12.6. The van der Waals surface area contributed by atoms with Crippen LogP contribution in [0.25, 0.3) is 27.8 Å². The van der Waals surface area contributed by atoms with Crippen molar-refractivity contribution in [3.05, 3.63) is 60.4 Å². The van der Waals surface area contributed by atoms with Crippen molar-refractivity contribution in [2.75, 3.05) is 7.11 Å². The number of nitrogens with one attached hydrogen (secondary N) is 1. The molecule has 0 radical (unpaired) electrons. The molecule has 0 aliphatic heterocycles. The number of aromatic nitrogens is 4. The molecular weight excluding hydrogens is 356 g/mol. The van der Waals surface area contributed by atoms with E-state index in [4.69, 9.17) is 9.47 Å². The van der Waals surface area contributed by atoms with Crippen molar-refractivity contribution in [3.8, 4) is 22.7 Å². The van der Waals surface area contributed by atoms with Crippen LogP contribution in [0.2, 0.25) is 0 Å². The van der Waals surface area contributed by atoms with Gasteiger partial charge < -0.3 is 9.47 Å². The first-order valence-electron chi connectivity index (χ1n) is 9.11. The number of carbonyl (C=O) groups is 1. The van der Waals surface area contributed by atoms with Crippen molar-refractivity contribution in [1.29, 1.82) is 0 Å². The van der Waals surface area contributed by atoms with Gasteiger partial charge in [-0.15, -0.1) is 0 Å². The Kier molecular flexibility index (Phi) is 3.86. The molecule has 0 bridgehead atoms. The second kappa shape index (κ2) is 6.53. The van der Waals surface area contributed by atoms with Crippen molar-refractivity contribution in [3.63, 3.8) is 0 Å². The van der Waals surface area contributed by atoms with Gasteiger partial charge in [-0.2, -0.15) is 10.2 Å². The van der Waals surface area contributed by atoms with Crippen molar-refractivity contribution < 1.29 is 14.3 Å². The van der Waals surface area contributed by atoms with Gasteiger partial charge in [0.1, 0.15) is 5.75 Å². The third kappa shape index (κ3) is 2.90. The highest BCUT2D eigenvalue weighted by Gasteiger charge is 2.24. The van der Waals surface area contributed by atoms with Crippen molar-refractivity contribution in [2.24, 2.45) is 0 Å². The highest BCUT2D eigenvalue weighted by Crippen LogP contribution is 2.32. The van der Waals surface area contributed by atoms with Crippen LogP contribution in [-0.4, -0.2) is 39.2 Å². The molecule has 2 aromatic carbocycles. The lowest BCUT2D eigenvalue weighted by Crippen LogP contribution is -2.05. The van der Waals surface area contributed by atoms with Crippen LogP contribution < -0.4 is 4.74 Å². The number of hydrogen-bond acceptors (Lipinski definition) is 5. The molecule has 140 valence electrons. The monoisotopic (exact) mass is 374 g/mol. The lowest BCUT2D eigenvalue weighted by Gasteiger charge is -2.10. The van der Waals surface area contributed by atoms with Crippen LogP contribution in [-0.2, 0) is 4.74 Å². The van der Waals surface area contributed by atoms with E-state index in [2.05, 4.69) is 15.3 Å². The molecule has 0 unspecified atom stereocenters. The smallest absolute Gasteiger partial charge is 0.358 e. The molecule has 0 spiro atoms. The number of benzene rings is 2. The number of H-pyrrole nitrogens is 1. The standard InChI is InChI=1S/C21H18N4O3/c1-27-21(26)17-11-19(13-4-2-6-16(10-13)28-15-8-9-15)25(24-17)18-7-3-5-14-12-22-23-20(14)18/h2-7,10-12,15H,8-9H2,1H3,(H,22,23). The van der Waals surface area contributed by atoms with Gasteiger partial charge in [-0.1, -0.05) is 24.3 Å². The lowest BCUT2D eigenvalue weighted by atomic mass is 10.1. The number of methoxy groups -OCH3 is 1. The normalized spacial score (nSPS) is 13.6. The van der Waals surface area contributed by atoms with E-state index in [0.29, 0.717) is 6.10 Å². The highest BCUT2D eigenvalue weighted by atomic mass is 16.5. The van der Waals surface area contributed by atoms with Crippen LogP contribution in [0, 0.1) is 0 Å². The highest BCUT2D eigenvalue weighted by molar-refractivity contribution is 5.90. The molecular formula is C21H18N4O3. The van der Waals surface area contributed by atoms with E-state index in [9.17, 15) is 4.79 Å². The van der Waals surface area contributed by atoms with Gasteiger partial charge in [0, 0.05) is 10.9 Å². The molecule has 28 heavy (non-hydrogen) atoms. The number of aromatic amines is 1. The second-order valence-corrected chi connectivity index (χ2v) is 6.77. The van der Waals surface area contributed by atoms with Crippen LogP contribution in [0.3, 0.4) is 0 Å². The van der Waals surface area contributed by atoms with E-state index in [1.807, 2.05) is 42.5 Å². The maximum Gasteiger partial charge on any atom is 0.358 e. The zero-order valence-corrected chi connectivity index (χ0v) is 15.3. The van der Waals surface area contributed by atoms with Crippen LogP contribution in [0.4, 0.5) is 0 Å². The predicted octanol–water partition coefficient (Wildman–Crippen LogP) is 3.74. The van der Waals surface area contributed by atoms with Crippen molar-refractivity contribution in [2.45, 2.75) is 18.9 Å². The Bertz CT molecular complexity index is 1170. The maximum absolute atomic E-state index is 12.1. The second-order valence-electron chi connectivity index (χ2n) is 6.77. The summed E-state index contributed by atoms with van der Waals surface area (Å²) in [5.74, 6) is 0.328. The zero-order chi connectivity index (χ0) is 19.1. The summed E-state index contributed by atoms with van der Waals surface area (Å²) in [4.78, 5) is 12.1. The molecule has 1 fully saturated rings. The molecule has 0 amide bonds. The van der Waals surface area contributed by atoms with Gasteiger partial charge in [0.2, 0.25) is 0 Å². The van der Waals surface area contributed by atoms with Gasteiger partial charge >= 0.3 is 5.97 Å². The molecule has 7 nitrogen and oxygen atoms in total. The molecule has 0 saturated heterocycles. The molecule has 5 rings (SSSR count). The Hall–Kier alpha value is -3.61. The average molecular weight is 374 g/mol. The number of rotatable bonds is 5. The van der Waals surface area contributed by atoms with E-state index < -0.39 is 5.97 Å². The van der Waals surface area contributed by atoms with E-state index in [-0.39, 0.29) is 5.69 Å². The molecule has 0 atom stereocenters. The summed E-state index contributed by atoms with van der Waals surface area (Å²) in [6, 6.07) is 15.4. The van der Waals surface area contributed by atoms with Gasteiger partial charge in [0.05, 0.1) is 36.3 Å². The van der Waals surface area contributed by atoms with E-state index in [0.717, 1.165) is 46.4 Å². The molecule has 1 aliphatic carbocycles. The Morgan fingerprint density at radius 3 is 2.86 bits per heavy atom. The number of hydrogen-bond donors (Lipinski definition) is 1. The fourth-order valence-electron chi connectivity index (χ4n) is 3.21. The maximum atomic E-state index is 12.1. The third-order valence-corrected chi connectivity index (χ3v) is 4.74. The summed E-state index contributed by atoms with van der Waals surface area (Å²) in [5.41, 5.74) is 3.55. The molecule has 2 heterocycles. The predicted molar refractivity (Wildman–Crippen MR) is 104 cm³/mol. The minimum atomic E-state index is -0.484. The largest absolute Gasteiger partial charge is 0.490 e. The minimum absolute atomic E-state index is 0.238. The number of esters is 1. The van der Waals surface area contributed by atoms with Gasteiger partial charge in [-0.05, 0) is 37.1 Å². The van der Waals surface area contributed by atoms with Gasteiger partial charge in [-0.3, -0.25) is 5.10 Å². The summed E-state index contributed by atoms with van der Waals surface area (Å²) < 4.78 is 12.5. The summed E-state index contributed by atoms with van der Waals surface area (Å²) in [7, 11) is 1.35. The molecule has 2 aromatic heterocycles. The van der Waals surface area contributed by atoms with Crippen LogP contribution in [0.5, 0.6) is 5.75 Å². The van der Waals surface area contributed by atoms with Crippen molar-refractivity contribution >= 4 is 16.9 Å². The molecule has 1 N–H and O–H groups in total. The Morgan fingerprint density at radius 1 is 1.18 bits per heavy atom. The van der Waals surface area contributed by atoms with Crippen molar-refractivity contribution in [1.82, 2.24) is 20.0 Å². The van der Waals surface area contributed by atoms with E-state index in [1.54, 1.807) is 16.9 Å². The summed E-state index contributed by atoms with van der Waals surface area (Å²) in [6.45, 7) is 0. The summed E-state index contributed by atoms with van der Waals surface area (Å²) in [6.07, 6.45) is 4.25. The molecule has 1 aliphatic rings. The number of fused-ring (bicyclic) bond motifs is 1. The molecule has 4 aromatic rings. The van der Waals surface area contributed by atoms with Gasteiger partial charge in [0.25, 0.3) is 0 Å². The topological polar surface area (TPSA) is 82.0 Å². The number of ether oxygens (including phenoxy) is 2. The Morgan fingerprint density at radius 2 is 2.04 bits per heavy atom. The zero-order valence-electron chi connectivity index (χ0n) is 15.3. The summed E-state index contributed by atoms with van der Waals surface area (Å²) >= 11 is 0. The number of carbonyl (C=O) groups excluding carboxylic acids is 1. The number of nitrogens with zero attached hydrogens (tertiary/aromatic N) is 3. The molecule has 1 saturated carbocycles. The van der Waals surface area contributed by atoms with Gasteiger partial charge in [0.15, 0.2) is 5.69 Å². The quantitative estimate of drug-likeness (QED) is 0.538. The number of para-hydroxylation sites is 1. The first kappa shape index (κ1) is 16.6. The lowest BCUT2D eigenvalue weighted by molar-refractivity contribution is 0.0593. The van der Waals surface area contributed by atoms with Gasteiger partial charge in [-0.25, -0.2) is 9.48 Å². The fourth-order valence-corrected chi connectivity index (χ4v) is 3.21. The van der Waals surface area contributed by atoms with E-state index >= 15 is 0 Å². The first-order valence-corrected chi connectivity index (χ1v) is 9.11. The minimum Gasteiger partial charge on any atom is -0.490 e. The van der Waals surface area contributed by atoms with Crippen LogP contribution in [0.15, 0.2) is 54.7 Å². The first-order chi connectivity index (χ1) is 13.7. The Balaban J connectivity index is 1.67. The van der Waals surface area contributed by atoms with E-state index in [1.165, 1.54) is 7.11 Å². The Labute approximate surface area is 160 Å². The molecule has 7 heteroatoms. The average Bonchev–Trinajstić information content (AvgIpc) is 3.22. The van der Waals surface area contributed by atoms with Crippen LogP contribution >= 0.6 is 0 Å². The fraction of sp³-hybridized carbons (Fsp3) is 0.190. The SMILES string of the molecule is COC(=O)c1cc(-c2cccc(OC3CC3)c2)n(-c2cccc3cn[nH]c23)n1. The third-order valence-electron chi connectivity index (χ3n) is 4.74.